The molecule has 1 atom stereocenters. The standard InChI is InChI=1S/C6H8.C3H8O/c1-2-6-4-3-5(1)6;1-3(2)4/h1,6H,2-4H2;3-4H,1-2H3. The Morgan fingerprint density at radius 3 is 2.10 bits per heavy atom. The Morgan fingerprint density at radius 2 is 2.10 bits per heavy atom. The van der Waals surface area contributed by atoms with Crippen LogP contribution in [0.25, 0.3) is 0 Å². The molecule has 2 aliphatic rings. The van der Waals surface area contributed by atoms with Gasteiger partial charge < -0.3 is 5.11 Å². The van der Waals surface area contributed by atoms with E-state index in [1.165, 1.54) is 19.3 Å². The summed E-state index contributed by atoms with van der Waals surface area (Å²) in [6.07, 6.45) is 6.51. The quantitative estimate of drug-likeness (QED) is 0.511. The van der Waals surface area contributed by atoms with Gasteiger partial charge in [-0.3, -0.25) is 0 Å². The second-order valence-corrected chi connectivity index (χ2v) is 3.34. The predicted octanol–water partition coefficient (Wildman–Crippen LogP) is 2.11. The Hall–Kier alpha value is -0.300. The van der Waals surface area contributed by atoms with Crippen LogP contribution in [-0.2, 0) is 0 Å². The highest BCUT2D eigenvalue weighted by Crippen LogP contribution is 2.43. The number of aliphatic hydroxyl groups excluding tert-OH is 1. The van der Waals surface area contributed by atoms with E-state index in [9.17, 15) is 0 Å². The van der Waals surface area contributed by atoms with Gasteiger partial charge in [-0.1, -0.05) is 11.6 Å². The zero-order valence-electron chi connectivity index (χ0n) is 6.80. The molecule has 1 nitrogen and oxygen atoms in total. The summed E-state index contributed by atoms with van der Waals surface area (Å²) in [5.74, 6) is 1.07. The minimum Gasteiger partial charge on any atom is -0.394 e. The largest absolute Gasteiger partial charge is 0.394 e. The molecule has 0 aromatic heterocycles. The first-order chi connectivity index (χ1) is 4.70. The van der Waals surface area contributed by atoms with Gasteiger partial charge in [0.25, 0.3) is 0 Å². The first-order valence-electron chi connectivity index (χ1n) is 4.07. The van der Waals surface area contributed by atoms with Gasteiger partial charge in [-0.2, -0.15) is 0 Å². The molecule has 2 rings (SSSR count). The molecule has 2 aliphatic carbocycles. The van der Waals surface area contributed by atoms with E-state index in [1.807, 2.05) is 0 Å². The molecule has 1 N–H and O–H groups in total. The van der Waals surface area contributed by atoms with Gasteiger partial charge in [0.15, 0.2) is 0 Å². The second kappa shape index (κ2) is 3.20. The van der Waals surface area contributed by atoms with E-state index in [-0.39, 0.29) is 6.10 Å². The molecule has 0 radical (unpaired) electrons. The van der Waals surface area contributed by atoms with E-state index in [4.69, 9.17) is 5.11 Å². The van der Waals surface area contributed by atoms with Crippen LogP contribution in [0.5, 0.6) is 0 Å². The van der Waals surface area contributed by atoms with Crippen LogP contribution in [0.4, 0.5) is 0 Å². The Balaban J connectivity index is 0.000000112. The zero-order valence-corrected chi connectivity index (χ0v) is 6.80. The Morgan fingerprint density at radius 1 is 1.60 bits per heavy atom. The highest BCUT2D eigenvalue weighted by atomic mass is 16.3. The van der Waals surface area contributed by atoms with Gasteiger partial charge in [0, 0.05) is 6.10 Å². The lowest BCUT2D eigenvalue weighted by Gasteiger charge is -2.36. The third kappa shape index (κ3) is 1.84. The molecule has 10 heavy (non-hydrogen) atoms. The van der Waals surface area contributed by atoms with Crippen molar-refractivity contribution in [2.45, 2.75) is 39.2 Å². The van der Waals surface area contributed by atoms with Crippen molar-refractivity contribution >= 4 is 0 Å². The topological polar surface area (TPSA) is 20.2 Å². The lowest BCUT2D eigenvalue weighted by Crippen LogP contribution is -2.21. The van der Waals surface area contributed by atoms with E-state index < -0.39 is 0 Å². The highest BCUT2D eigenvalue weighted by molar-refractivity contribution is 5.24. The van der Waals surface area contributed by atoms with Crippen molar-refractivity contribution < 1.29 is 5.11 Å². The maximum absolute atomic E-state index is 8.06. The summed E-state index contributed by atoms with van der Waals surface area (Å²) < 4.78 is 0. The lowest BCUT2D eigenvalue weighted by atomic mass is 9.69. The number of rotatable bonds is 0. The minimum atomic E-state index is -0.167. The van der Waals surface area contributed by atoms with Crippen LogP contribution in [0.1, 0.15) is 33.1 Å². The van der Waals surface area contributed by atoms with Gasteiger partial charge in [0.1, 0.15) is 0 Å². The maximum Gasteiger partial charge on any atom is 0.0483 e. The number of fused-ring (bicyclic) bond motifs is 1. The fraction of sp³-hybridized carbons (Fsp3) is 0.778. The molecule has 1 fully saturated rings. The molecule has 0 spiro atoms. The van der Waals surface area contributed by atoms with Crippen molar-refractivity contribution in [1.29, 1.82) is 0 Å². The average Bonchev–Trinajstić information content (AvgIpc) is 1.77. The van der Waals surface area contributed by atoms with Gasteiger partial charge in [-0.25, -0.2) is 0 Å². The summed E-state index contributed by atoms with van der Waals surface area (Å²) in [7, 11) is 0. The molecule has 0 amide bonds. The number of aliphatic hydroxyl groups is 1. The Labute approximate surface area is 62.8 Å². The number of hydrogen-bond acceptors (Lipinski definition) is 1. The van der Waals surface area contributed by atoms with E-state index in [0.717, 1.165) is 5.92 Å². The molecule has 0 aromatic carbocycles. The smallest absolute Gasteiger partial charge is 0.0483 e. The molecule has 0 heterocycles. The van der Waals surface area contributed by atoms with Gasteiger partial charge in [-0.15, -0.1) is 0 Å². The molecule has 1 saturated carbocycles. The van der Waals surface area contributed by atoms with Gasteiger partial charge >= 0.3 is 0 Å². The third-order valence-electron chi connectivity index (χ3n) is 1.97. The van der Waals surface area contributed by atoms with Crippen molar-refractivity contribution in [3.8, 4) is 0 Å². The first kappa shape index (κ1) is 7.80. The Bertz CT molecular complexity index is 133. The predicted molar refractivity (Wildman–Crippen MR) is 42.8 cm³/mol. The van der Waals surface area contributed by atoms with Crippen LogP contribution in [0.2, 0.25) is 0 Å². The minimum absolute atomic E-state index is 0.167. The van der Waals surface area contributed by atoms with Gasteiger partial charge in [0.2, 0.25) is 0 Å². The fourth-order valence-corrected chi connectivity index (χ4v) is 1.19. The second-order valence-electron chi connectivity index (χ2n) is 3.34. The van der Waals surface area contributed by atoms with Gasteiger partial charge in [0.05, 0.1) is 0 Å². The van der Waals surface area contributed by atoms with Crippen LogP contribution in [0.15, 0.2) is 11.6 Å². The molecule has 58 valence electrons. The molecule has 1 unspecified atom stereocenters. The van der Waals surface area contributed by atoms with Crippen molar-refractivity contribution in [3.63, 3.8) is 0 Å². The summed E-state index contributed by atoms with van der Waals surface area (Å²) in [5.41, 5.74) is 1.75. The normalized spacial score (nSPS) is 26.8. The number of allylic oxidation sites excluding steroid dienone is 2. The van der Waals surface area contributed by atoms with Crippen LogP contribution >= 0.6 is 0 Å². The maximum atomic E-state index is 8.06. The van der Waals surface area contributed by atoms with Crippen LogP contribution in [0, 0.1) is 5.92 Å². The molecular formula is C9H16O. The summed E-state index contributed by atoms with van der Waals surface area (Å²) in [6.45, 7) is 3.44. The molecule has 1 heteroatoms. The van der Waals surface area contributed by atoms with Crippen LogP contribution in [-0.4, -0.2) is 11.2 Å². The SMILES string of the molecule is C1=C2CCC2C1.CC(C)O. The number of hydrogen-bond donors (Lipinski definition) is 1. The van der Waals surface area contributed by atoms with E-state index in [2.05, 4.69) is 6.08 Å². The average molecular weight is 140 g/mol. The zero-order chi connectivity index (χ0) is 7.56. The molecule has 0 aliphatic heterocycles. The van der Waals surface area contributed by atoms with Crippen LogP contribution in [0.3, 0.4) is 0 Å². The van der Waals surface area contributed by atoms with Crippen molar-refractivity contribution in [2.24, 2.45) is 5.92 Å². The van der Waals surface area contributed by atoms with Crippen LogP contribution < -0.4 is 0 Å². The van der Waals surface area contributed by atoms with Gasteiger partial charge in [-0.05, 0) is 39.0 Å². The fourth-order valence-electron chi connectivity index (χ4n) is 1.19. The molecule has 0 bridgehead atoms. The molecule has 0 saturated heterocycles. The third-order valence-corrected chi connectivity index (χ3v) is 1.97. The molecule has 0 aromatic rings. The summed E-state index contributed by atoms with van der Waals surface area (Å²) in [6, 6.07) is 0. The lowest BCUT2D eigenvalue weighted by molar-refractivity contribution is 0.216. The van der Waals surface area contributed by atoms with E-state index in [1.54, 1.807) is 19.4 Å². The van der Waals surface area contributed by atoms with E-state index in [0.29, 0.717) is 0 Å². The summed E-state index contributed by atoms with van der Waals surface area (Å²) in [5, 5.41) is 8.06. The summed E-state index contributed by atoms with van der Waals surface area (Å²) in [4.78, 5) is 0. The van der Waals surface area contributed by atoms with Crippen molar-refractivity contribution in [2.75, 3.05) is 0 Å². The Kier molecular flexibility index (Phi) is 2.50. The van der Waals surface area contributed by atoms with Crippen molar-refractivity contribution in [1.82, 2.24) is 0 Å². The summed E-state index contributed by atoms with van der Waals surface area (Å²) >= 11 is 0. The van der Waals surface area contributed by atoms with Crippen molar-refractivity contribution in [3.05, 3.63) is 11.6 Å². The molecular weight excluding hydrogens is 124 g/mol. The monoisotopic (exact) mass is 140 g/mol. The van der Waals surface area contributed by atoms with E-state index >= 15 is 0 Å². The highest BCUT2D eigenvalue weighted by Gasteiger charge is 2.28. The first-order valence-corrected chi connectivity index (χ1v) is 4.07.